The number of nitrogens with two attached hydrogens (primary N) is 1. The molecule has 0 aliphatic heterocycles. The molecule has 0 aliphatic carbocycles. The molecular formula is C17H16N4. The third-order valence-corrected chi connectivity index (χ3v) is 3.20. The van der Waals surface area contributed by atoms with Crippen molar-refractivity contribution in [2.75, 3.05) is 5.32 Å². The van der Waals surface area contributed by atoms with Crippen LogP contribution < -0.4 is 11.1 Å². The lowest BCUT2D eigenvalue weighted by Gasteiger charge is -2.06. The molecule has 0 unspecified atom stereocenters. The molecule has 0 saturated carbocycles. The second kappa shape index (κ2) is 6.15. The van der Waals surface area contributed by atoms with E-state index in [1.54, 1.807) is 0 Å². The van der Waals surface area contributed by atoms with E-state index in [1.165, 1.54) is 0 Å². The molecule has 2 aromatic carbocycles. The van der Waals surface area contributed by atoms with Gasteiger partial charge >= 0.3 is 0 Å². The second-order valence-corrected chi connectivity index (χ2v) is 4.69. The molecule has 21 heavy (non-hydrogen) atoms. The molecule has 4 heteroatoms. The number of benzene rings is 2. The summed E-state index contributed by atoms with van der Waals surface area (Å²) < 4.78 is 0. The van der Waals surface area contributed by atoms with Gasteiger partial charge in [0, 0.05) is 30.2 Å². The first-order valence-electron chi connectivity index (χ1n) is 6.78. The van der Waals surface area contributed by atoms with Gasteiger partial charge in [-0.3, -0.25) is 0 Å². The monoisotopic (exact) mass is 276 g/mol. The molecule has 0 saturated heterocycles. The van der Waals surface area contributed by atoms with Gasteiger partial charge < -0.3 is 11.1 Å². The number of para-hydroxylation sites is 1. The predicted octanol–water partition coefficient (Wildman–Crippen LogP) is 3.35. The van der Waals surface area contributed by atoms with Crippen molar-refractivity contribution in [1.82, 2.24) is 9.97 Å². The highest BCUT2D eigenvalue weighted by Crippen LogP contribution is 2.19. The minimum Gasteiger partial charge on any atom is -0.326 e. The molecule has 104 valence electrons. The Hall–Kier alpha value is -2.72. The lowest BCUT2D eigenvalue weighted by molar-refractivity contribution is 1.07. The quantitative estimate of drug-likeness (QED) is 0.767. The van der Waals surface area contributed by atoms with E-state index < -0.39 is 0 Å². The Balaban J connectivity index is 1.77. The van der Waals surface area contributed by atoms with Crippen LogP contribution in [0.3, 0.4) is 0 Å². The van der Waals surface area contributed by atoms with E-state index in [2.05, 4.69) is 15.3 Å². The molecule has 0 bridgehead atoms. The van der Waals surface area contributed by atoms with Gasteiger partial charge in [0.05, 0.1) is 0 Å². The molecule has 0 aliphatic rings. The number of hydrogen-bond acceptors (Lipinski definition) is 4. The van der Waals surface area contributed by atoms with Crippen LogP contribution in [0.4, 0.5) is 11.6 Å². The van der Waals surface area contributed by atoms with Crippen LogP contribution in [0.2, 0.25) is 0 Å². The van der Waals surface area contributed by atoms with Crippen LogP contribution in [0.5, 0.6) is 0 Å². The number of nitrogens with one attached hydrogen (secondary N) is 1. The second-order valence-electron chi connectivity index (χ2n) is 4.69. The van der Waals surface area contributed by atoms with Gasteiger partial charge in [0.25, 0.3) is 0 Å². The van der Waals surface area contributed by atoms with E-state index in [1.807, 2.05) is 67.0 Å². The fraction of sp³-hybridized carbons (Fsp3) is 0.0588. The third-order valence-electron chi connectivity index (χ3n) is 3.20. The molecular weight excluding hydrogens is 260 g/mol. The zero-order chi connectivity index (χ0) is 14.5. The minimum atomic E-state index is 0.552. The Bertz CT molecular complexity index is 691. The van der Waals surface area contributed by atoms with Crippen LogP contribution in [0, 0.1) is 0 Å². The SMILES string of the molecule is NCc1ccc(-c2cnc(Nc3ccccc3)nc2)cc1. The highest BCUT2D eigenvalue weighted by Gasteiger charge is 2.01. The zero-order valence-corrected chi connectivity index (χ0v) is 11.5. The van der Waals surface area contributed by atoms with Gasteiger partial charge in [0.2, 0.25) is 5.95 Å². The normalized spacial score (nSPS) is 10.3. The van der Waals surface area contributed by atoms with Crippen molar-refractivity contribution < 1.29 is 0 Å². The summed E-state index contributed by atoms with van der Waals surface area (Å²) in [5.41, 5.74) is 9.75. The summed E-state index contributed by atoms with van der Waals surface area (Å²) in [6, 6.07) is 18.0. The number of nitrogens with zero attached hydrogens (tertiary/aromatic N) is 2. The molecule has 0 amide bonds. The van der Waals surface area contributed by atoms with Crippen molar-refractivity contribution in [3.05, 3.63) is 72.6 Å². The highest BCUT2D eigenvalue weighted by atomic mass is 15.1. The van der Waals surface area contributed by atoms with Crippen LogP contribution in [-0.2, 0) is 6.54 Å². The van der Waals surface area contributed by atoms with Gasteiger partial charge in [0.15, 0.2) is 0 Å². The first kappa shape index (κ1) is 13.3. The fourth-order valence-corrected chi connectivity index (χ4v) is 2.03. The van der Waals surface area contributed by atoms with Crippen molar-refractivity contribution in [3.63, 3.8) is 0 Å². The maximum Gasteiger partial charge on any atom is 0.227 e. The summed E-state index contributed by atoms with van der Waals surface area (Å²) in [4.78, 5) is 8.69. The Morgan fingerprint density at radius 1 is 0.810 bits per heavy atom. The minimum absolute atomic E-state index is 0.552. The van der Waals surface area contributed by atoms with Crippen molar-refractivity contribution in [2.24, 2.45) is 5.73 Å². The molecule has 1 aromatic heterocycles. The third kappa shape index (κ3) is 3.24. The smallest absolute Gasteiger partial charge is 0.227 e. The van der Waals surface area contributed by atoms with E-state index in [0.717, 1.165) is 22.4 Å². The molecule has 3 rings (SSSR count). The lowest BCUT2D eigenvalue weighted by atomic mass is 10.1. The average molecular weight is 276 g/mol. The summed E-state index contributed by atoms with van der Waals surface area (Å²) >= 11 is 0. The first-order chi connectivity index (χ1) is 10.3. The van der Waals surface area contributed by atoms with Crippen molar-refractivity contribution >= 4 is 11.6 Å². The number of hydrogen-bond donors (Lipinski definition) is 2. The van der Waals surface area contributed by atoms with Gasteiger partial charge in [-0.05, 0) is 23.3 Å². The topological polar surface area (TPSA) is 63.8 Å². The summed E-state index contributed by atoms with van der Waals surface area (Å²) in [6.07, 6.45) is 3.63. The van der Waals surface area contributed by atoms with Gasteiger partial charge in [-0.25, -0.2) is 9.97 Å². The van der Waals surface area contributed by atoms with E-state index in [9.17, 15) is 0 Å². The molecule has 3 N–H and O–H groups in total. The van der Waals surface area contributed by atoms with Crippen molar-refractivity contribution in [3.8, 4) is 11.1 Å². The van der Waals surface area contributed by atoms with Crippen molar-refractivity contribution in [1.29, 1.82) is 0 Å². The Kier molecular flexibility index (Phi) is 3.89. The predicted molar refractivity (Wildman–Crippen MR) is 85.1 cm³/mol. The summed E-state index contributed by atoms with van der Waals surface area (Å²) in [6.45, 7) is 0.552. The van der Waals surface area contributed by atoms with Gasteiger partial charge in [-0.2, -0.15) is 0 Å². The molecule has 1 heterocycles. The highest BCUT2D eigenvalue weighted by molar-refractivity contribution is 5.63. The maximum absolute atomic E-state index is 5.60. The first-order valence-corrected chi connectivity index (χ1v) is 6.78. The van der Waals surface area contributed by atoms with Crippen LogP contribution in [0.1, 0.15) is 5.56 Å². The lowest BCUT2D eigenvalue weighted by Crippen LogP contribution is -1.97. The molecule has 0 spiro atoms. The fourth-order valence-electron chi connectivity index (χ4n) is 2.03. The summed E-state index contributed by atoms with van der Waals surface area (Å²) in [5.74, 6) is 0.587. The Labute approximate surface area is 123 Å². The number of aromatic nitrogens is 2. The number of rotatable bonds is 4. The molecule has 4 nitrogen and oxygen atoms in total. The maximum atomic E-state index is 5.60. The van der Waals surface area contributed by atoms with E-state index in [4.69, 9.17) is 5.73 Å². The molecule has 3 aromatic rings. The molecule has 0 fully saturated rings. The Morgan fingerprint density at radius 2 is 1.48 bits per heavy atom. The molecule has 0 radical (unpaired) electrons. The van der Waals surface area contributed by atoms with E-state index >= 15 is 0 Å². The number of anilines is 2. The summed E-state index contributed by atoms with van der Waals surface area (Å²) in [5, 5.41) is 3.16. The van der Waals surface area contributed by atoms with Gasteiger partial charge in [0.1, 0.15) is 0 Å². The van der Waals surface area contributed by atoms with Crippen LogP contribution in [0.15, 0.2) is 67.0 Å². The molecule has 0 atom stereocenters. The van der Waals surface area contributed by atoms with E-state index in [0.29, 0.717) is 12.5 Å². The summed E-state index contributed by atoms with van der Waals surface area (Å²) in [7, 11) is 0. The standard InChI is InChI=1S/C17H16N4/c18-10-13-6-8-14(9-7-13)15-11-19-17(20-12-15)21-16-4-2-1-3-5-16/h1-9,11-12H,10,18H2,(H,19,20,21). The largest absolute Gasteiger partial charge is 0.326 e. The van der Waals surface area contributed by atoms with Crippen LogP contribution in [0.25, 0.3) is 11.1 Å². The average Bonchev–Trinajstić information content (AvgIpc) is 2.57. The van der Waals surface area contributed by atoms with Crippen LogP contribution in [-0.4, -0.2) is 9.97 Å². The van der Waals surface area contributed by atoms with Gasteiger partial charge in [-0.1, -0.05) is 42.5 Å². The Morgan fingerprint density at radius 3 is 2.10 bits per heavy atom. The zero-order valence-electron chi connectivity index (χ0n) is 11.5. The van der Waals surface area contributed by atoms with Crippen LogP contribution >= 0.6 is 0 Å². The van der Waals surface area contributed by atoms with Crippen molar-refractivity contribution in [2.45, 2.75) is 6.54 Å². The van der Waals surface area contributed by atoms with E-state index in [-0.39, 0.29) is 0 Å². The van der Waals surface area contributed by atoms with Gasteiger partial charge in [-0.15, -0.1) is 0 Å².